The van der Waals surface area contributed by atoms with Crippen LogP contribution < -0.4 is 5.73 Å². The molecule has 124 valence electrons. The molecule has 0 saturated carbocycles. The van der Waals surface area contributed by atoms with Crippen LogP contribution in [0, 0.1) is 0 Å². The van der Waals surface area contributed by atoms with Crippen LogP contribution in [0.4, 0.5) is 0 Å². The molecule has 0 aromatic rings. The van der Waals surface area contributed by atoms with E-state index in [0.29, 0.717) is 6.42 Å². The molecule has 0 spiro atoms. The first-order chi connectivity index (χ1) is 10.9. The highest BCUT2D eigenvalue weighted by molar-refractivity contribution is 5.49. The van der Waals surface area contributed by atoms with Crippen LogP contribution in [-0.4, -0.2) is 12.8 Å². The Morgan fingerprint density at radius 1 is 0.545 bits per heavy atom. The minimum atomic E-state index is 0.674. The second kappa shape index (κ2) is 19.6. The molecule has 0 aromatic heterocycles. The van der Waals surface area contributed by atoms with Gasteiger partial charge in [-0.3, -0.25) is 0 Å². The van der Waals surface area contributed by atoms with Gasteiger partial charge >= 0.3 is 0 Å². The summed E-state index contributed by atoms with van der Waals surface area (Å²) in [5.41, 5.74) is 5.45. The van der Waals surface area contributed by atoms with Crippen LogP contribution in [0.2, 0.25) is 0 Å². The lowest BCUT2D eigenvalue weighted by molar-refractivity contribution is -0.107. The number of hydrogen-bond acceptors (Lipinski definition) is 2. The molecule has 0 bridgehead atoms. The van der Waals surface area contributed by atoms with E-state index in [2.05, 4.69) is 48.6 Å². The predicted octanol–water partition coefficient (Wildman–Crippen LogP) is 5.27. The second-order valence-corrected chi connectivity index (χ2v) is 5.33. The van der Waals surface area contributed by atoms with E-state index in [9.17, 15) is 4.79 Å². The van der Waals surface area contributed by atoms with Crippen molar-refractivity contribution in [2.24, 2.45) is 5.73 Å². The Labute approximate surface area is 136 Å². The number of allylic oxidation sites excluding steroid dienone is 8. The topological polar surface area (TPSA) is 43.1 Å². The zero-order valence-corrected chi connectivity index (χ0v) is 14.0. The average molecular weight is 303 g/mol. The molecule has 0 saturated heterocycles. The van der Waals surface area contributed by atoms with Gasteiger partial charge in [-0.25, -0.2) is 0 Å². The summed E-state index contributed by atoms with van der Waals surface area (Å²) in [4.78, 5) is 10.1. The highest BCUT2D eigenvalue weighted by atomic mass is 16.1. The van der Waals surface area contributed by atoms with Crippen LogP contribution >= 0.6 is 0 Å². The van der Waals surface area contributed by atoms with Crippen LogP contribution in [0.5, 0.6) is 0 Å². The average Bonchev–Trinajstić information content (AvgIpc) is 2.54. The minimum Gasteiger partial charge on any atom is -0.330 e. The summed E-state index contributed by atoms with van der Waals surface area (Å²) in [5, 5.41) is 0. The zero-order valence-electron chi connectivity index (χ0n) is 14.0. The Balaban J connectivity index is 3.36. The summed E-state index contributed by atoms with van der Waals surface area (Å²) < 4.78 is 0. The van der Waals surface area contributed by atoms with Crippen molar-refractivity contribution in [1.29, 1.82) is 0 Å². The van der Waals surface area contributed by atoms with Gasteiger partial charge in [0.2, 0.25) is 0 Å². The van der Waals surface area contributed by atoms with Crippen molar-refractivity contribution in [2.75, 3.05) is 6.54 Å². The number of hydrogen-bond donors (Lipinski definition) is 1. The van der Waals surface area contributed by atoms with Gasteiger partial charge in [-0.2, -0.15) is 0 Å². The molecule has 0 atom stereocenters. The van der Waals surface area contributed by atoms with Crippen LogP contribution in [0.3, 0.4) is 0 Å². The molecule has 0 aliphatic carbocycles. The fraction of sp³-hybridized carbons (Fsp3) is 0.550. The summed E-state index contributed by atoms with van der Waals surface area (Å²) in [7, 11) is 0. The van der Waals surface area contributed by atoms with Crippen LogP contribution in [0.25, 0.3) is 0 Å². The summed E-state index contributed by atoms with van der Waals surface area (Å²) in [5.74, 6) is 0. The summed E-state index contributed by atoms with van der Waals surface area (Å²) >= 11 is 0. The molecule has 2 heteroatoms. The van der Waals surface area contributed by atoms with E-state index >= 15 is 0 Å². The molecule has 0 heterocycles. The number of carbonyl (C=O) groups excluding carboxylic acids is 1. The SMILES string of the molecule is NCCCCC/C=C\C/C=C\C/C=C\C/C=C\CCCC=O. The molecule has 0 radical (unpaired) electrons. The quantitative estimate of drug-likeness (QED) is 0.254. The largest absolute Gasteiger partial charge is 0.330 e. The van der Waals surface area contributed by atoms with Gasteiger partial charge in [0.15, 0.2) is 0 Å². The van der Waals surface area contributed by atoms with E-state index in [1.807, 2.05) is 0 Å². The molecule has 0 aliphatic rings. The lowest BCUT2D eigenvalue weighted by Crippen LogP contribution is -1.97. The third kappa shape index (κ3) is 18.6. The highest BCUT2D eigenvalue weighted by Crippen LogP contribution is 2.01. The molecule has 0 fully saturated rings. The molecule has 0 aromatic carbocycles. The van der Waals surface area contributed by atoms with Crippen molar-refractivity contribution in [3.63, 3.8) is 0 Å². The Kier molecular flexibility index (Phi) is 18.3. The molecule has 22 heavy (non-hydrogen) atoms. The molecule has 2 nitrogen and oxygen atoms in total. The van der Waals surface area contributed by atoms with E-state index in [0.717, 1.165) is 51.4 Å². The smallest absolute Gasteiger partial charge is 0.120 e. The van der Waals surface area contributed by atoms with Crippen LogP contribution in [0.1, 0.15) is 64.2 Å². The van der Waals surface area contributed by atoms with Gasteiger partial charge in [-0.15, -0.1) is 0 Å². The maximum atomic E-state index is 10.1. The van der Waals surface area contributed by atoms with Crippen molar-refractivity contribution in [1.82, 2.24) is 0 Å². The van der Waals surface area contributed by atoms with E-state index in [1.54, 1.807) is 0 Å². The Hall–Kier alpha value is -1.41. The predicted molar refractivity (Wildman–Crippen MR) is 97.8 cm³/mol. The Morgan fingerprint density at radius 2 is 1.05 bits per heavy atom. The van der Waals surface area contributed by atoms with Gasteiger partial charge in [0.05, 0.1) is 0 Å². The van der Waals surface area contributed by atoms with Crippen LogP contribution in [-0.2, 0) is 4.79 Å². The van der Waals surface area contributed by atoms with Gasteiger partial charge in [0, 0.05) is 6.42 Å². The summed E-state index contributed by atoms with van der Waals surface area (Å²) in [6.45, 7) is 0.815. The fourth-order valence-electron chi connectivity index (χ4n) is 1.95. The van der Waals surface area contributed by atoms with Crippen molar-refractivity contribution in [3.8, 4) is 0 Å². The summed E-state index contributed by atoms with van der Waals surface area (Å²) in [6, 6.07) is 0. The van der Waals surface area contributed by atoms with Crippen molar-refractivity contribution in [3.05, 3.63) is 48.6 Å². The first-order valence-corrected chi connectivity index (χ1v) is 8.65. The number of nitrogens with two attached hydrogens (primary N) is 1. The highest BCUT2D eigenvalue weighted by Gasteiger charge is 1.83. The third-order valence-corrected chi connectivity index (χ3v) is 3.25. The zero-order chi connectivity index (χ0) is 16.1. The molecular formula is C20H33NO. The standard InChI is InChI=1S/C20H33NO/c21-19-17-15-13-11-9-7-5-3-1-2-4-6-8-10-12-14-16-18-20-22/h1,3-4,6-7,9-10,12,20H,2,5,8,11,13-19,21H2/b3-1-,6-4-,9-7-,12-10-. The summed E-state index contributed by atoms with van der Waals surface area (Å²) in [6.07, 6.45) is 29.1. The molecule has 0 rings (SSSR count). The lowest BCUT2D eigenvalue weighted by Gasteiger charge is -1.93. The van der Waals surface area contributed by atoms with Gasteiger partial charge in [-0.05, 0) is 57.9 Å². The number of rotatable bonds is 15. The molecule has 0 amide bonds. The van der Waals surface area contributed by atoms with Crippen molar-refractivity contribution < 1.29 is 4.79 Å². The normalized spacial score (nSPS) is 12.4. The second-order valence-electron chi connectivity index (χ2n) is 5.33. The lowest BCUT2D eigenvalue weighted by atomic mass is 10.2. The number of carbonyl (C=O) groups is 1. The van der Waals surface area contributed by atoms with Gasteiger partial charge in [-0.1, -0.05) is 55.0 Å². The van der Waals surface area contributed by atoms with E-state index in [1.165, 1.54) is 19.3 Å². The Bertz CT molecular complexity index is 340. The maximum absolute atomic E-state index is 10.1. The van der Waals surface area contributed by atoms with Crippen molar-refractivity contribution in [2.45, 2.75) is 64.2 Å². The van der Waals surface area contributed by atoms with E-state index in [4.69, 9.17) is 5.73 Å². The molecular weight excluding hydrogens is 270 g/mol. The number of aldehydes is 1. The van der Waals surface area contributed by atoms with Gasteiger partial charge in [0.1, 0.15) is 6.29 Å². The first-order valence-electron chi connectivity index (χ1n) is 8.65. The van der Waals surface area contributed by atoms with Gasteiger partial charge in [0.25, 0.3) is 0 Å². The Morgan fingerprint density at radius 3 is 1.55 bits per heavy atom. The maximum Gasteiger partial charge on any atom is 0.120 e. The van der Waals surface area contributed by atoms with Gasteiger partial charge < -0.3 is 10.5 Å². The third-order valence-electron chi connectivity index (χ3n) is 3.25. The molecule has 0 unspecified atom stereocenters. The fourth-order valence-corrected chi connectivity index (χ4v) is 1.95. The monoisotopic (exact) mass is 303 g/mol. The first kappa shape index (κ1) is 20.6. The van der Waals surface area contributed by atoms with E-state index < -0.39 is 0 Å². The minimum absolute atomic E-state index is 0.674. The number of unbranched alkanes of at least 4 members (excludes halogenated alkanes) is 5. The molecule has 0 aliphatic heterocycles. The molecule has 2 N–H and O–H groups in total. The van der Waals surface area contributed by atoms with E-state index in [-0.39, 0.29) is 0 Å². The van der Waals surface area contributed by atoms with Crippen molar-refractivity contribution >= 4 is 6.29 Å². The van der Waals surface area contributed by atoms with Crippen LogP contribution in [0.15, 0.2) is 48.6 Å².